The van der Waals surface area contributed by atoms with Gasteiger partial charge in [-0.15, -0.1) is 0 Å². The molecule has 2 atom stereocenters. The molecule has 1 aliphatic carbocycles. The monoisotopic (exact) mass is 469 g/mol. The van der Waals surface area contributed by atoms with Crippen molar-refractivity contribution in [3.8, 4) is 0 Å². The van der Waals surface area contributed by atoms with Crippen LogP contribution in [0.5, 0.6) is 0 Å². The molecule has 1 saturated heterocycles. The Morgan fingerprint density at radius 1 is 1.15 bits per heavy atom. The van der Waals surface area contributed by atoms with E-state index in [0.29, 0.717) is 31.2 Å². The molecule has 0 bridgehead atoms. The standard InChI is InChI=1S/C27H36FN3O3/c28-23-8-3-7-22(18-9-10-18)24(23)25(27(32)33)31-15-13-21(17-31)34-16-2-1-6-20-12-11-19-5-4-14-29-26(19)30-20/h3,7-8,11-12,18,21,25,27,32-33H,1-2,4-6,9-10,13-17H2,(H,29,30)/t21-,25?/m1/s1. The second-order valence-electron chi connectivity index (χ2n) is 9.95. The van der Waals surface area contributed by atoms with Crippen LogP contribution in [0.25, 0.3) is 0 Å². The SMILES string of the molecule is OC(O)C(c1c(F)cccc1C1CC1)N1CC[C@@H](OCCCCc2ccc3c(n2)NCCC3)C1. The highest BCUT2D eigenvalue weighted by atomic mass is 19.1. The maximum atomic E-state index is 14.8. The van der Waals surface area contributed by atoms with Gasteiger partial charge in [-0.2, -0.15) is 0 Å². The minimum Gasteiger partial charge on any atom is -0.377 e. The molecule has 1 unspecified atom stereocenters. The van der Waals surface area contributed by atoms with E-state index < -0.39 is 12.3 Å². The number of aromatic nitrogens is 1. The number of unbranched alkanes of at least 4 members (excludes halogenated alkanes) is 1. The second-order valence-corrected chi connectivity index (χ2v) is 9.95. The number of aliphatic hydroxyl groups is 2. The lowest BCUT2D eigenvalue weighted by atomic mass is 9.95. The van der Waals surface area contributed by atoms with Crippen LogP contribution in [-0.4, -0.2) is 58.7 Å². The third kappa shape index (κ3) is 5.43. The highest BCUT2D eigenvalue weighted by Crippen LogP contribution is 2.45. The van der Waals surface area contributed by atoms with Crippen molar-refractivity contribution in [2.45, 2.75) is 75.7 Å². The lowest BCUT2D eigenvalue weighted by molar-refractivity contribution is -0.101. The molecule has 2 fully saturated rings. The molecule has 0 radical (unpaired) electrons. The van der Waals surface area contributed by atoms with Crippen LogP contribution >= 0.6 is 0 Å². The highest BCUT2D eigenvalue weighted by molar-refractivity contribution is 5.47. The predicted molar refractivity (Wildman–Crippen MR) is 129 cm³/mol. The van der Waals surface area contributed by atoms with E-state index in [-0.39, 0.29) is 11.9 Å². The lowest BCUT2D eigenvalue weighted by Gasteiger charge is -2.31. The molecule has 1 saturated carbocycles. The highest BCUT2D eigenvalue weighted by Gasteiger charge is 2.38. The Morgan fingerprint density at radius 2 is 2.03 bits per heavy atom. The Morgan fingerprint density at radius 3 is 2.85 bits per heavy atom. The van der Waals surface area contributed by atoms with Crippen LogP contribution in [0.15, 0.2) is 30.3 Å². The van der Waals surface area contributed by atoms with E-state index in [0.717, 1.165) is 68.6 Å². The summed E-state index contributed by atoms with van der Waals surface area (Å²) in [7, 11) is 0. The van der Waals surface area contributed by atoms with E-state index in [1.165, 1.54) is 18.1 Å². The molecule has 6 nitrogen and oxygen atoms in total. The molecule has 1 aromatic carbocycles. The average Bonchev–Trinajstić information content (AvgIpc) is 3.58. The van der Waals surface area contributed by atoms with Gasteiger partial charge in [0, 0.05) is 37.5 Å². The topological polar surface area (TPSA) is 77.9 Å². The minimum absolute atomic E-state index is 0.0310. The smallest absolute Gasteiger partial charge is 0.171 e. The number of fused-ring (bicyclic) bond motifs is 1. The quantitative estimate of drug-likeness (QED) is 0.362. The predicted octanol–water partition coefficient (Wildman–Crippen LogP) is 3.92. The second kappa shape index (κ2) is 10.7. The van der Waals surface area contributed by atoms with Gasteiger partial charge >= 0.3 is 0 Å². The summed E-state index contributed by atoms with van der Waals surface area (Å²) in [5.41, 5.74) is 3.81. The van der Waals surface area contributed by atoms with Crippen LogP contribution in [0.1, 0.15) is 72.9 Å². The molecule has 34 heavy (non-hydrogen) atoms. The van der Waals surface area contributed by atoms with Crippen LogP contribution < -0.4 is 5.32 Å². The van der Waals surface area contributed by atoms with Crippen molar-refractivity contribution in [2.75, 3.05) is 31.6 Å². The molecule has 2 aromatic rings. The molecule has 0 amide bonds. The number of aryl methyl sites for hydroxylation is 2. The molecule has 3 heterocycles. The van der Waals surface area contributed by atoms with Crippen molar-refractivity contribution in [3.05, 3.63) is 58.5 Å². The summed E-state index contributed by atoms with van der Waals surface area (Å²) in [6.45, 7) is 2.92. The first-order valence-electron chi connectivity index (χ1n) is 12.8. The van der Waals surface area contributed by atoms with Gasteiger partial charge < -0.3 is 20.3 Å². The maximum Gasteiger partial charge on any atom is 0.171 e. The molecule has 184 valence electrons. The molecular weight excluding hydrogens is 433 g/mol. The number of aliphatic hydroxyl groups excluding tert-OH is 1. The van der Waals surface area contributed by atoms with Gasteiger partial charge in [0.2, 0.25) is 0 Å². The average molecular weight is 470 g/mol. The molecule has 0 spiro atoms. The number of anilines is 1. The van der Waals surface area contributed by atoms with E-state index in [4.69, 9.17) is 9.72 Å². The van der Waals surface area contributed by atoms with Gasteiger partial charge in [-0.25, -0.2) is 9.37 Å². The molecule has 3 N–H and O–H groups in total. The Bertz CT molecular complexity index is 982. The zero-order valence-electron chi connectivity index (χ0n) is 19.8. The molecule has 3 aliphatic rings. The van der Waals surface area contributed by atoms with E-state index in [1.807, 2.05) is 11.0 Å². The van der Waals surface area contributed by atoms with Crippen molar-refractivity contribution in [1.29, 1.82) is 0 Å². The fourth-order valence-corrected chi connectivity index (χ4v) is 5.45. The Hall–Kier alpha value is -2.06. The zero-order chi connectivity index (χ0) is 23.5. The fourth-order valence-electron chi connectivity index (χ4n) is 5.45. The number of nitrogens with one attached hydrogen (secondary N) is 1. The first-order chi connectivity index (χ1) is 16.6. The zero-order valence-corrected chi connectivity index (χ0v) is 19.8. The van der Waals surface area contributed by atoms with Gasteiger partial charge in [-0.05, 0) is 80.5 Å². The Balaban J connectivity index is 1.10. The summed E-state index contributed by atoms with van der Waals surface area (Å²) in [4.78, 5) is 6.73. The first kappa shape index (κ1) is 23.7. The van der Waals surface area contributed by atoms with Crippen LogP contribution in [-0.2, 0) is 17.6 Å². The van der Waals surface area contributed by atoms with Crippen molar-refractivity contribution in [3.63, 3.8) is 0 Å². The largest absolute Gasteiger partial charge is 0.377 e. The summed E-state index contributed by atoms with van der Waals surface area (Å²) in [6.07, 6.45) is 6.46. The van der Waals surface area contributed by atoms with Crippen LogP contribution in [0.2, 0.25) is 0 Å². The van der Waals surface area contributed by atoms with Crippen molar-refractivity contribution < 1.29 is 19.3 Å². The minimum atomic E-state index is -1.63. The number of pyridine rings is 1. The molecular formula is C27H36FN3O3. The van der Waals surface area contributed by atoms with Crippen molar-refractivity contribution in [2.24, 2.45) is 0 Å². The van der Waals surface area contributed by atoms with Gasteiger partial charge in [0.1, 0.15) is 11.6 Å². The Kier molecular flexibility index (Phi) is 7.44. The van der Waals surface area contributed by atoms with Crippen LogP contribution in [0.4, 0.5) is 10.2 Å². The number of nitrogens with zero attached hydrogens (tertiary/aromatic N) is 2. The van der Waals surface area contributed by atoms with Gasteiger partial charge in [0.05, 0.1) is 12.1 Å². The van der Waals surface area contributed by atoms with Gasteiger partial charge in [-0.1, -0.05) is 18.2 Å². The van der Waals surface area contributed by atoms with E-state index in [9.17, 15) is 14.6 Å². The van der Waals surface area contributed by atoms with E-state index in [2.05, 4.69) is 17.4 Å². The summed E-state index contributed by atoms with van der Waals surface area (Å²) < 4.78 is 20.9. The third-order valence-corrected chi connectivity index (χ3v) is 7.38. The van der Waals surface area contributed by atoms with E-state index >= 15 is 0 Å². The van der Waals surface area contributed by atoms with Crippen LogP contribution in [0.3, 0.4) is 0 Å². The molecule has 1 aromatic heterocycles. The third-order valence-electron chi connectivity index (χ3n) is 7.38. The summed E-state index contributed by atoms with van der Waals surface area (Å²) in [5, 5.41) is 23.8. The number of hydrogen-bond acceptors (Lipinski definition) is 6. The van der Waals surface area contributed by atoms with Crippen LogP contribution in [0, 0.1) is 5.82 Å². The number of rotatable bonds is 10. The maximum absolute atomic E-state index is 14.8. The first-order valence-corrected chi connectivity index (χ1v) is 12.8. The number of benzene rings is 1. The molecule has 5 rings (SSSR count). The lowest BCUT2D eigenvalue weighted by Crippen LogP contribution is -2.37. The molecule has 7 heteroatoms. The normalized spacial score (nSPS) is 21.5. The number of likely N-dealkylation sites (tertiary alicyclic amines) is 1. The van der Waals surface area contributed by atoms with Crippen molar-refractivity contribution in [1.82, 2.24) is 9.88 Å². The summed E-state index contributed by atoms with van der Waals surface area (Å²) in [5.74, 6) is 1.03. The number of halogens is 1. The molecule has 2 aliphatic heterocycles. The van der Waals surface area contributed by atoms with Gasteiger partial charge in [-0.3, -0.25) is 4.90 Å². The summed E-state index contributed by atoms with van der Waals surface area (Å²) >= 11 is 0. The Labute approximate surface area is 201 Å². The van der Waals surface area contributed by atoms with Crippen molar-refractivity contribution >= 4 is 5.82 Å². The van der Waals surface area contributed by atoms with Gasteiger partial charge in [0.25, 0.3) is 0 Å². The van der Waals surface area contributed by atoms with Gasteiger partial charge in [0.15, 0.2) is 6.29 Å². The summed E-state index contributed by atoms with van der Waals surface area (Å²) in [6, 6.07) is 8.66. The number of ether oxygens (including phenoxy) is 1. The van der Waals surface area contributed by atoms with E-state index in [1.54, 1.807) is 6.07 Å². The fraction of sp³-hybridized carbons (Fsp3) is 0.593. The number of hydrogen-bond donors (Lipinski definition) is 3.